The van der Waals surface area contributed by atoms with Crippen LogP contribution in [0.3, 0.4) is 0 Å². The zero-order valence-electron chi connectivity index (χ0n) is 11.2. The number of rotatable bonds is 3. The molecule has 0 amide bonds. The van der Waals surface area contributed by atoms with Gasteiger partial charge in [0, 0.05) is 15.6 Å². The maximum Gasteiger partial charge on any atom is 0.0581 e. The molecule has 0 aliphatic heterocycles. The Hall–Kier alpha value is -1.02. The number of hydrogen-bond acceptors (Lipinski definition) is 1. The lowest BCUT2D eigenvalue weighted by Gasteiger charge is -2.26. The van der Waals surface area contributed by atoms with Crippen molar-refractivity contribution in [3.8, 4) is 0 Å². The molecular formula is C17H17Cl2N. The summed E-state index contributed by atoms with van der Waals surface area (Å²) in [5, 5.41) is 1.24. The van der Waals surface area contributed by atoms with Gasteiger partial charge in [0.2, 0.25) is 0 Å². The monoisotopic (exact) mass is 305 g/mol. The molecule has 0 bridgehead atoms. The summed E-state index contributed by atoms with van der Waals surface area (Å²) in [6.07, 6.45) is 3.96. The fraction of sp³-hybridized carbons (Fsp3) is 0.294. The van der Waals surface area contributed by atoms with Gasteiger partial charge >= 0.3 is 0 Å². The van der Waals surface area contributed by atoms with Crippen molar-refractivity contribution < 1.29 is 0 Å². The van der Waals surface area contributed by atoms with Crippen molar-refractivity contribution in [1.82, 2.24) is 0 Å². The topological polar surface area (TPSA) is 26.0 Å². The third kappa shape index (κ3) is 2.58. The summed E-state index contributed by atoms with van der Waals surface area (Å²) in [5.74, 6) is 0.740. The van der Waals surface area contributed by atoms with E-state index in [4.69, 9.17) is 28.9 Å². The Labute approximate surface area is 129 Å². The van der Waals surface area contributed by atoms with E-state index in [0.717, 1.165) is 17.0 Å². The molecule has 1 unspecified atom stereocenters. The third-order valence-electron chi connectivity index (χ3n) is 4.18. The lowest BCUT2D eigenvalue weighted by Crippen LogP contribution is -2.14. The highest BCUT2D eigenvalue weighted by Crippen LogP contribution is 2.37. The van der Waals surface area contributed by atoms with Gasteiger partial charge in [-0.25, -0.2) is 0 Å². The van der Waals surface area contributed by atoms with Gasteiger partial charge in [-0.1, -0.05) is 60.0 Å². The molecule has 3 rings (SSSR count). The molecule has 2 aromatic rings. The molecule has 0 heterocycles. The van der Waals surface area contributed by atoms with Crippen molar-refractivity contribution in [1.29, 1.82) is 0 Å². The van der Waals surface area contributed by atoms with Gasteiger partial charge in [0.15, 0.2) is 0 Å². The van der Waals surface area contributed by atoms with Gasteiger partial charge < -0.3 is 5.73 Å². The Bertz CT molecular complexity index is 583. The summed E-state index contributed by atoms with van der Waals surface area (Å²) < 4.78 is 0. The highest BCUT2D eigenvalue weighted by Gasteiger charge is 2.20. The predicted molar refractivity (Wildman–Crippen MR) is 85.5 cm³/mol. The SMILES string of the molecule is NC(c1ccc(C2CCC2)cc1)c1c(Cl)cccc1Cl. The number of benzene rings is 2. The molecule has 1 saturated carbocycles. The number of nitrogens with two attached hydrogens (primary N) is 1. The fourth-order valence-corrected chi connectivity index (χ4v) is 3.32. The molecule has 0 saturated heterocycles. The second kappa shape index (κ2) is 5.77. The van der Waals surface area contributed by atoms with Gasteiger partial charge in [0.25, 0.3) is 0 Å². The molecule has 0 aromatic heterocycles. The van der Waals surface area contributed by atoms with E-state index in [1.165, 1.54) is 24.8 Å². The van der Waals surface area contributed by atoms with Crippen LogP contribution in [-0.4, -0.2) is 0 Å². The number of halogens is 2. The Morgan fingerprint density at radius 2 is 1.55 bits per heavy atom. The van der Waals surface area contributed by atoms with Crippen LogP contribution in [0, 0.1) is 0 Å². The average Bonchev–Trinajstić information content (AvgIpc) is 2.37. The Kier molecular flexibility index (Phi) is 4.02. The van der Waals surface area contributed by atoms with E-state index in [0.29, 0.717) is 10.0 Å². The zero-order chi connectivity index (χ0) is 14.1. The first-order valence-corrected chi connectivity index (χ1v) is 7.72. The molecule has 3 heteroatoms. The van der Waals surface area contributed by atoms with E-state index < -0.39 is 0 Å². The Morgan fingerprint density at radius 1 is 0.950 bits per heavy atom. The van der Waals surface area contributed by atoms with Crippen LogP contribution in [0.4, 0.5) is 0 Å². The molecular weight excluding hydrogens is 289 g/mol. The van der Waals surface area contributed by atoms with E-state index in [1.54, 1.807) is 0 Å². The minimum Gasteiger partial charge on any atom is -0.320 e. The fourth-order valence-electron chi connectivity index (χ4n) is 2.69. The zero-order valence-corrected chi connectivity index (χ0v) is 12.7. The van der Waals surface area contributed by atoms with Crippen LogP contribution >= 0.6 is 23.2 Å². The molecule has 1 nitrogen and oxygen atoms in total. The smallest absolute Gasteiger partial charge is 0.0581 e. The van der Waals surface area contributed by atoms with Crippen LogP contribution in [0.2, 0.25) is 10.0 Å². The van der Waals surface area contributed by atoms with Crippen LogP contribution in [0.5, 0.6) is 0 Å². The predicted octanol–water partition coefficient (Wildman–Crippen LogP) is 5.31. The van der Waals surface area contributed by atoms with E-state index in [9.17, 15) is 0 Å². The molecule has 1 atom stereocenters. The molecule has 0 spiro atoms. The van der Waals surface area contributed by atoms with Gasteiger partial charge in [0.1, 0.15) is 0 Å². The van der Waals surface area contributed by atoms with E-state index >= 15 is 0 Å². The van der Waals surface area contributed by atoms with Crippen molar-refractivity contribution in [2.75, 3.05) is 0 Å². The van der Waals surface area contributed by atoms with Crippen molar-refractivity contribution in [3.63, 3.8) is 0 Å². The van der Waals surface area contributed by atoms with Crippen molar-refractivity contribution >= 4 is 23.2 Å². The maximum absolute atomic E-state index is 6.32. The first-order valence-electron chi connectivity index (χ1n) is 6.96. The molecule has 1 fully saturated rings. The lowest BCUT2D eigenvalue weighted by molar-refractivity contribution is 0.419. The largest absolute Gasteiger partial charge is 0.320 e. The second-order valence-electron chi connectivity index (χ2n) is 5.41. The molecule has 1 aliphatic carbocycles. The summed E-state index contributed by atoms with van der Waals surface area (Å²) in [4.78, 5) is 0. The lowest BCUT2D eigenvalue weighted by atomic mass is 9.79. The van der Waals surface area contributed by atoms with E-state index in [1.807, 2.05) is 18.2 Å². The van der Waals surface area contributed by atoms with Crippen molar-refractivity contribution in [3.05, 3.63) is 69.2 Å². The summed E-state index contributed by atoms with van der Waals surface area (Å²) in [5.41, 5.74) is 9.58. The van der Waals surface area contributed by atoms with Crippen LogP contribution in [-0.2, 0) is 0 Å². The van der Waals surface area contributed by atoms with Crippen LogP contribution in [0.25, 0.3) is 0 Å². The normalized spacial score (nSPS) is 16.8. The molecule has 0 radical (unpaired) electrons. The van der Waals surface area contributed by atoms with Crippen LogP contribution < -0.4 is 5.73 Å². The van der Waals surface area contributed by atoms with Gasteiger partial charge in [-0.2, -0.15) is 0 Å². The minimum absolute atomic E-state index is 0.286. The maximum atomic E-state index is 6.32. The molecule has 2 aromatic carbocycles. The van der Waals surface area contributed by atoms with Gasteiger partial charge in [-0.15, -0.1) is 0 Å². The van der Waals surface area contributed by atoms with Crippen molar-refractivity contribution in [2.24, 2.45) is 5.73 Å². The van der Waals surface area contributed by atoms with Gasteiger partial charge in [-0.05, 0) is 42.0 Å². The van der Waals surface area contributed by atoms with Crippen molar-refractivity contribution in [2.45, 2.75) is 31.2 Å². The second-order valence-corrected chi connectivity index (χ2v) is 6.22. The van der Waals surface area contributed by atoms with Crippen LogP contribution in [0.1, 0.15) is 47.9 Å². The quantitative estimate of drug-likeness (QED) is 0.817. The first-order chi connectivity index (χ1) is 9.66. The van der Waals surface area contributed by atoms with Gasteiger partial charge in [-0.3, -0.25) is 0 Å². The average molecular weight is 306 g/mol. The molecule has 1 aliphatic rings. The summed E-state index contributed by atoms with van der Waals surface area (Å²) in [7, 11) is 0. The highest BCUT2D eigenvalue weighted by atomic mass is 35.5. The summed E-state index contributed by atoms with van der Waals surface area (Å²) in [6.45, 7) is 0. The summed E-state index contributed by atoms with van der Waals surface area (Å²) >= 11 is 12.4. The molecule has 104 valence electrons. The summed E-state index contributed by atoms with van der Waals surface area (Å²) in [6, 6.07) is 13.8. The van der Waals surface area contributed by atoms with E-state index in [2.05, 4.69) is 24.3 Å². The molecule has 20 heavy (non-hydrogen) atoms. The Morgan fingerprint density at radius 3 is 2.05 bits per heavy atom. The highest BCUT2D eigenvalue weighted by molar-refractivity contribution is 6.36. The third-order valence-corrected chi connectivity index (χ3v) is 4.84. The van der Waals surface area contributed by atoms with Crippen LogP contribution in [0.15, 0.2) is 42.5 Å². The molecule has 2 N–H and O–H groups in total. The van der Waals surface area contributed by atoms with Gasteiger partial charge in [0.05, 0.1) is 6.04 Å². The standard InChI is InChI=1S/C17H17Cl2N/c18-14-5-2-6-15(19)16(14)17(20)13-9-7-12(8-10-13)11-3-1-4-11/h2,5-11,17H,1,3-4,20H2. The minimum atomic E-state index is -0.286. The number of hydrogen-bond donors (Lipinski definition) is 1. The van der Waals surface area contributed by atoms with E-state index in [-0.39, 0.29) is 6.04 Å². The Balaban J connectivity index is 1.88. The first kappa shape index (κ1) is 13.9.